The molecular weight excluding hydrogens is 527 g/mol. The zero-order chi connectivity index (χ0) is 23.8. The van der Waals surface area contributed by atoms with Crippen molar-refractivity contribution in [2.24, 2.45) is 0 Å². The normalized spacial score (nSPS) is 10.7. The lowest BCUT2D eigenvalue weighted by Gasteiger charge is -2.17. The van der Waals surface area contributed by atoms with Crippen LogP contribution in [0.25, 0.3) is 0 Å². The van der Waals surface area contributed by atoms with E-state index in [4.69, 9.17) is 32.7 Å². The molecule has 0 fully saturated rings. The van der Waals surface area contributed by atoms with Gasteiger partial charge in [-0.1, -0.05) is 62.9 Å². The fourth-order valence-electron chi connectivity index (χ4n) is 3.20. The van der Waals surface area contributed by atoms with Crippen LogP contribution in [0.5, 0.6) is 11.5 Å². The van der Waals surface area contributed by atoms with Gasteiger partial charge in [0, 0.05) is 32.3 Å². The van der Waals surface area contributed by atoms with Gasteiger partial charge in [0.1, 0.15) is 0 Å². The van der Waals surface area contributed by atoms with Gasteiger partial charge in [-0.15, -0.1) is 0 Å². The quantitative estimate of drug-likeness (QED) is 0.285. The molecule has 0 saturated carbocycles. The van der Waals surface area contributed by atoms with E-state index in [1.54, 1.807) is 19.2 Å². The molecule has 8 heteroatoms. The SMILES string of the molecule is COc1ccc(Br)c(CNCCc2ccc(Cl)cc2Cl)c1OCC(=O)Nc1ccc(C)cc1. The number of hydrogen-bond donors (Lipinski definition) is 2. The molecule has 0 spiro atoms. The molecular formula is C25H25BrCl2N2O3. The number of rotatable bonds is 10. The highest BCUT2D eigenvalue weighted by molar-refractivity contribution is 9.10. The average Bonchev–Trinajstić information content (AvgIpc) is 2.79. The number of halogens is 3. The predicted molar refractivity (Wildman–Crippen MR) is 138 cm³/mol. The van der Waals surface area contributed by atoms with Gasteiger partial charge in [-0.3, -0.25) is 4.79 Å². The van der Waals surface area contributed by atoms with Crippen LogP contribution in [0.4, 0.5) is 5.69 Å². The Bertz CT molecular complexity index is 1110. The highest BCUT2D eigenvalue weighted by Crippen LogP contribution is 2.36. The summed E-state index contributed by atoms with van der Waals surface area (Å²) in [6.07, 6.45) is 0.743. The zero-order valence-electron chi connectivity index (χ0n) is 18.4. The lowest BCUT2D eigenvalue weighted by atomic mass is 10.1. The van der Waals surface area contributed by atoms with Gasteiger partial charge in [-0.25, -0.2) is 0 Å². The van der Waals surface area contributed by atoms with Crippen molar-refractivity contribution in [1.82, 2.24) is 5.32 Å². The number of amides is 1. The van der Waals surface area contributed by atoms with Gasteiger partial charge in [-0.05, 0) is 61.9 Å². The number of ether oxygens (including phenoxy) is 2. The van der Waals surface area contributed by atoms with Crippen LogP contribution in [0, 0.1) is 6.92 Å². The van der Waals surface area contributed by atoms with Crippen LogP contribution in [0.1, 0.15) is 16.7 Å². The molecule has 0 heterocycles. The summed E-state index contributed by atoms with van der Waals surface area (Å²) >= 11 is 15.8. The van der Waals surface area contributed by atoms with Crippen molar-refractivity contribution in [3.05, 3.63) is 85.8 Å². The van der Waals surface area contributed by atoms with Crippen molar-refractivity contribution in [3.63, 3.8) is 0 Å². The predicted octanol–water partition coefficient (Wildman–Crippen LogP) is 6.42. The second-order valence-electron chi connectivity index (χ2n) is 7.42. The monoisotopic (exact) mass is 550 g/mol. The number of anilines is 1. The maximum absolute atomic E-state index is 12.4. The Kier molecular flexibility index (Phi) is 9.44. The molecule has 5 nitrogen and oxygen atoms in total. The van der Waals surface area contributed by atoms with Crippen LogP contribution in [-0.2, 0) is 17.8 Å². The molecule has 1 amide bonds. The van der Waals surface area contributed by atoms with E-state index in [2.05, 4.69) is 26.6 Å². The van der Waals surface area contributed by atoms with Crippen LogP contribution in [0.2, 0.25) is 10.0 Å². The summed E-state index contributed by atoms with van der Waals surface area (Å²) in [6, 6.07) is 16.8. The fraction of sp³-hybridized carbons (Fsp3) is 0.240. The molecule has 0 aliphatic rings. The van der Waals surface area contributed by atoms with E-state index < -0.39 is 0 Å². The molecule has 0 unspecified atom stereocenters. The van der Waals surface area contributed by atoms with Crippen molar-refractivity contribution in [2.75, 3.05) is 25.6 Å². The zero-order valence-corrected chi connectivity index (χ0v) is 21.5. The Morgan fingerprint density at radius 3 is 2.52 bits per heavy atom. The van der Waals surface area contributed by atoms with Crippen LogP contribution in [0.15, 0.2) is 59.1 Å². The van der Waals surface area contributed by atoms with E-state index in [-0.39, 0.29) is 12.5 Å². The second-order valence-corrected chi connectivity index (χ2v) is 9.12. The van der Waals surface area contributed by atoms with Gasteiger partial charge >= 0.3 is 0 Å². The molecule has 0 saturated heterocycles. The molecule has 0 aromatic heterocycles. The van der Waals surface area contributed by atoms with Gasteiger partial charge in [0.15, 0.2) is 18.1 Å². The Hall–Kier alpha value is -2.25. The summed E-state index contributed by atoms with van der Waals surface area (Å²) in [7, 11) is 1.57. The average molecular weight is 552 g/mol. The first-order valence-electron chi connectivity index (χ1n) is 10.4. The molecule has 0 aliphatic heterocycles. The van der Waals surface area contributed by atoms with E-state index in [1.165, 1.54) is 0 Å². The van der Waals surface area contributed by atoms with Gasteiger partial charge in [0.25, 0.3) is 5.91 Å². The summed E-state index contributed by atoms with van der Waals surface area (Å²) in [4.78, 5) is 12.4. The van der Waals surface area contributed by atoms with E-state index in [9.17, 15) is 4.79 Å². The van der Waals surface area contributed by atoms with Crippen molar-refractivity contribution in [1.29, 1.82) is 0 Å². The first-order chi connectivity index (χ1) is 15.9. The Balaban J connectivity index is 1.62. The third-order valence-electron chi connectivity index (χ3n) is 4.96. The van der Waals surface area contributed by atoms with Crippen molar-refractivity contribution in [2.45, 2.75) is 19.9 Å². The minimum atomic E-state index is -0.253. The molecule has 0 aliphatic carbocycles. The molecule has 0 atom stereocenters. The smallest absolute Gasteiger partial charge is 0.262 e. The topological polar surface area (TPSA) is 59.6 Å². The standard InChI is InChI=1S/C25H25BrCl2N2O3/c1-16-3-7-19(8-4-16)30-24(31)15-33-25-20(21(26)9-10-23(25)32-2)14-29-12-11-17-5-6-18(27)13-22(17)28/h3-10,13,29H,11-12,14-15H2,1-2H3,(H,30,31). The first-order valence-corrected chi connectivity index (χ1v) is 11.9. The van der Waals surface area contributed by atoms with Crippen LogP contribution < -0.4 is 20.1 Å². The van der Waals surface area contributed by atoms with Crippen molar-refractivity contribution < 1.29 is 14.3 Å². The lowest BCUT2D eigenvalue weighted by molar-refractivity contribution is -0.118. The van der Waals surface area contributed by atoms with E-state index in [0.29, 0.717) is 34.6 Å². The number of methoxy groups -OCH3 is 1. The number of aryl methyl sites for hydroxylation is 1. The lowest BCUT2D eigenvalue weighted by Crippen LogP contribution is -2.22. The second kappa shape index (κ2) is 12.3. The summed E-state index contributed by atoms with van der Waals surface area (Å²) in [5.74, 6) is 0.819. The minimum absolute atomic E-state index is 0.145. The van der Waals surface area contributed by atoms with E-state index in [0.717, 1.165) is 33.3 Å². The Labute approximate surface area is 212 Å². The van der Waals surface area contributed by atoms with Gasteiger partial charge in [0.05, 0.1) is 7.11 Å². The molecule has 2 N–H and O–H groups in total. The first kappa shape index (κ1) is 25.4. The number of carbonyl (C=O) groups excluding carboxylic acids is 1. The van der Waals surface area contributed by atoms with Crippen LogP contribution in [-0.4, -0.2) is 26.2 Å². The number of hydrogen-bond acceptors (Lipinski definition) is 4. The van der Waals surface area contributed by atoms with E-state index in [1.807, 2.05) is 49.4 Å². The third kappa shape index (κ3) is 7.37. The molecule has 0 bridgehead atoms. The molecule has 3 rings (SSSR count). The summed E-state index contributed by atoms with van der Waals surface area (Å²) in [6.45, 7) is 3.05. The number of benzene rings is 3. The number of carbonyl (C=O) groups is 1. The maximum Gasteiger partial charge on any atom is 0.262 e. The molecule has 0 radical (unpaired) electrons. The van der Waals surface area contributed by atoms with Crippen molar-refractivity contribution in [3.8, 4) is 11.5 Å². The minimum Gasteiger partial charge on any atom is -0.493 e. The van der Waals surface area contributed by atoms with Gasteiger partial charge in [-0.2, -0.15) is 0 Å². The van der Waals surface area contributed by atoms with E-state index >= 15 is 0 Å². The maximum atomic E-state index is 12.4. The molecule has 33 heavy (non-hydrogen) atoms. The van der Waals surface area contributed by atoms with Gasteiger partial charge in [0.2, 0.25) is 0 Å². The number of nitrogens with one attached hydrogen (secondary N) is 2. The summed E-state index contributed by atoms with van der Waals surface area (Å²) in [5.41, 5.74) is 3.72. The fourth-order valence-corrected chi connectivity index (χ4v) is 4.15. The van der Waals surface area contributed by atoms with Crippen LogP contribution >= 0.6 is 39.1 Å². The highest BCUT2D eigenvalue weighted by atomic mass is 79.9. The Morgan fingerprint density at radius 1 is 1.06 bits per heavy atom. The summed E-state index contributed by atoms with van der Waals surface area (Å²) in [5, 5.41) is 7.50. The third-order valence-corrected chi connectivity index (χ3v) is 6.29. The Morgan fingerprint density at radius 2 is 1.82 bits per heavy atom. The van der Waals surface area contributed by atoms with Crippen molar-refractivity contribution >= 4 is 50.7 Å². The molecule has 3 aromatic rings. The largest absolute Gasteiger partial charge is 0.493 e. The highest BCUT2D eigenvalue weighted by Gasteiger charge is 2.16. The molecule has 3 aromatic carbocycles. The molecule has 174 valence electrons. The van der Waals surface area contributed by atoms with Gasteiger partial charge < -0.3 is 20.1 Å². The summed E-state index contributed by atoms with van der Waals surface area (Å²) < 4.78 is 12.2. The van der Waals surface area contributed by atoms with Crippen LogP contribution in [0.3, 0.4) is 0 Å².